The molecule has 0 aliphatic heterocycles. The molecule has 0 radical (unpaired) electrons. The third kappa shape index (κ3) is 2.96. The lowest BCUT2D eigenvalue weighted by Gasteiger charge is -2.11. The van der Waals surface area contributed by atoms with Gasteiger partial charge in [0.05, 0.1) is 10.4 Å². The van der Waals surface area contributed by atoms with Crippen molar-refractivity contribution in [1.82, 2.24) is 4.98 Å². The normalized spacial score (nSPS) is 12.4. The van der Waals surface area contributed by atoms with Crippen LogP contribution in [0.1, 0.15) is 16.6 Å². The molecule has 1 heterocycles. The molecule has 0 fully saturated rings. The zero-order valence-corrected chi connectivity index (χ0v) is 10.4. The van der Waals surface area contributed by atoms with Gasteiger partial charge in [-0.3, -0.25) is 4.98 Å². The molecule has 4 heteroatoms. The Hall–Kier alpha value is -1.12. The molecule has 0 aliphatic rings. The van der Waals surface area contributed by atoms with Crippen molar-refractivity contribution in [3.05, 3.63) is 64.7 Å². The molecular formula is C13H10Cl2FN. The first kappa shape index (κ1) is 12.3. The van der Waals surface area contributed by atoms with E-state index in [-0.39, 0.29) is 5.02 Å². The highest BCUT2D eigenvalue weighted by molar-refractivity contribution is 6.31. The molecule has 0 bridgehead atoms. The molecule has 0 aliphatic carbocycles. The lowest BCUT2D eigenvalue weighted by Crippen LogP contribution is -2.00. The molecule has 17 heavy (non-hydrogen) atoms. The fourth-order valence-electron chi connectivity index (χ4n) is 1.57. The first-order valence-corrected chi connectivity index (χ1v) is 5.98. The number of pyridine rings is 1. The number of benzene rings is 1. The summed E-state index contributed by atoms with van der Waals surface area (Å²) >= 11 is 11.9. The summed E-state index contributed by atoms with van der Waals surface area (Å²) in [6.07, 6.45) is 2.16. The van der Waals surface area contributed by atoms with Crippen LogP contribution < -0.4 is 0 Å². The molecule has 1 nitrogen and oxygen atoms in total. The highest BCUT2D eigenvalue weighted by Gasteiger charge is 2.15. The Labute approximate surface area is 109 Å². The van der Waals surface area contributed by atoms with E-state index in [0.717, 1.165) is 5.69 Å². The number of rotatable bonds is 3. The maximum absolute atomic E-state index is 13.7. The van der Waals surface area contributed by atoms with Crippen molar-refractivity contribution in [2.75, 3.05) is 0 Å². The van der Waals surface area contributed by atoms with E-state index < -0.39 is 11.2 Å². The van der Waals surface area contributed by atoms with Crippen molar-refractivity contribution in [2.45, 2.75) is 11.8 Å². The van der Waals surface area contributed by atoms with Gasteiger partial charge in [-0.25, -0.2) is 4.39 Å². The molecule has 0 saturated carbocycles. The number of halogens is 3. The fraction of sp³-hybridized carbons (Fsp3) is 0.154. The second kappa shape index (κ2) is 5.48. The minimum absolute atomic E-state index is 0.0918. The van der Waals surface area contributed by atoms with Gasteiger partial charge in [0.15, 0.2) is 0 Å². The summed E-state index contributed by atoms with van der Waals surface area (Å²) in [5, 5.41) is -0.377. The molecule has 1 aromatic carbocycles. The Balaban J connectivity index is 2.20. The van der Waals surface area contributed by atoms with Crippen molar-refractivity contribution in [3.63, 3.8) is 0 Å². The highest BCUT2D eigenvalue weighted by Crippen LogP contribution is 2.29. The first-order valence-electron chi connectivity index (χ1n) is 5.16. The lowest BCUT2D eigenvalue weighted by atomic mass is 10.1. The predicted octanol–water partition coefficient (Wildman–Crippen LogP) is 4.40. The van der Waals surface area contributed by atoms with Crippen molar-refractivity contribution in [2.24, 2.45) is 0 Å². The maximum atomic E-state index is 13.7. The number of nitrogens with zero attached hydrogens (tertiary/aromatic N) is 1. The van der Waals surface area contributed by atoms with Gasteiger partial charge in [0.25, 0.3) is 0 Å². The molecule has 88 valence electrons. The fourth-order valence-corrected chi connectivity index (χ4v) is 2.08. The van der Waals surface area contributed by atoms with Crippen LogP contribution in [-0.4, -0.2) is 4.98 Å². The second-order valence-electron chi connectivity index (χ2n) is 3.64. The summed E-state index contributed by atoms with van der Waals surface area (Å²) in [7, 11) is 0. The average Bonchev–Trinajstić information content (AvgIpc) is 2.34. The number of hydrogen-bond acceptors (Lipinski definition) is 1. The van der Waals surface area contributed by atoms with Crippen LogP contribution in [0.5, 0.6) is 0 Å². The van der Waals surface area contributed by atoms with Crippen molar-refractivity contribution in [3.8, 4) is 0 Å². The molecular weight excluding hydrogens is 260 g/mol. The largest absolute Gasteiger partial charge is 0.261 e. The minimum Gasteiger partial charge on any atom is -0.261 e. The van der Waals surface area contributed by atoms with Gasteiger partial charge in [-0.15, -0.1) is 11.6 Å². The van der Waals surface area contributed by atoms with Gasteiger partial charge in [-0.05, 0) is 18.2 Å². The monoisotopic (exact) mass is 269 g/mol. The van der Waals surface area contributed by atoms with Gasteiger partial charge in [0.1, 0.15) is 5.82 Å². The summed E-state index contributed by atoms with van der Waals surface area (Å²) in [5.41, 5.74) is 1.23. The molecule has 0 N–H and O–H groups in total. The van der Waals surface area contributed by atoms with Crippen LogP contribution in [0.25, 0.3) is 0 Å². The number of alkyl halides is 1. The number of hydrogen-bond donors (Lipinski definition) is 0. The smallest absolute Gasteiger partial charge is 0.146 e. The topological polar surface area (TPSA) is 12.9 Å². The van der Waals surface area contributed by atoms with E-state index in [9.17, 15) is 4.39 Å². The van der Waals surface area contributed by atoms with Gasteiger partial charge in [-0.1, -0.05) is 29.8 Å². The van der Waals surface area contributed by atoms with Gasteiger partial charge in [0.2, 0.25) is 0 Å². The molecule has 1 atom stereocenters. The van der Waals surface area contributed by atoms with E-state index in [1.54, 1.807) is 18.3 Å². The Morgan fingerprint density at radius 2 is 2.00 bits per heavy atom. The van der Waals surface area contributed by atoms with E-state index in [2.05, 4.69) is 4.98 Å². The Bertz CT molecular complexity index is 502. The minimum atomic E-state index is -0.469. The molecule has 0 spiro atoms. The van der Waals surface area contributed by atoms with Gasteiger partial charge >= 0.3 is 0 Å². The predicted molar refractivity (Wildman–Crippen MR) is 67.9 cm³/mol. The maximum Gasteiger partial charge on any atom is 0.146 e. The van der Waals surface area contributed by atoms with E-state index in [1.165, 1.54) is 6.07 Å². The van der Waals surface area contributed by atoms with Crippen LogP contribution in [0, 0.1) is 5.82 Å². The van der Waals surface area contributed by atoms with E-state index in [4.69, 9.17) is 23.2 Å². The summed E-state index contributed by atoms with van der Waals surface area (Å²) in [6, 6.07) is 10.4. The highest BCUT2D eigenvalue weighted by atomic mass is 35.5. The van der Waals surface area contributed by atoms with Crippen molar-refractivity contribution in [1.29, 1.82) is 0 Å². The zero-order valence-electron chi connectivity index (χ0n) is 8.91. The number of aromatic nitrogens is 1. The SMILES string of the molecule is Fc1c(Cl)cccc1C(Cl)Cc1ccccn1. The van der Waals surface area contributed by atoms with E-state index in [0.29, 0.717) is 12.0 Å². The summed E-state index contributed by atoms with van der Waals surface area (Å²) in [5.74, 6) is -0.454. The van der Waals surface area contributed by atoms with Gasteiger partial charge in [0, 0.05) is 23.9 Å². The standard InChI is InChI=1S/C13H10Cl2FN/c14-11-6-3-5-10(13(11)16)12(15)8-9-4-1-2-7-17-9/h1-7,12H,8H2. The summed E-state index contributed by atoms with van der Waals surface area (Å²) < 4.78 is 13.7. The summed E-state index contributed by atoms with van der Waals surface area (Å²) in [4.78, 5) is 4.16. The van der Waals surface area contributed by atoms with Crippen LogP contribution in [0.2, 0.25) is 5.02 Å². The third-order valence-corrected chi connectivity index (χ3v) is 3.11. The molecule has 0 saturated heterocycles. The molecule has 0 amide bonds. The molecule has 2 aromatic rings. The quantitative estimate of drug-likeness (QED) is 0.753. The third-order valence-electron chi connectivity index (χ3n) is 2.43. The average molecular weight is 270 g/mol. The van der Waals surface area contributed by atoms with E-state index in [1.807, 2.05) is 18.2 Å². The van der Waals surface area contributed by atoms with E-state index >= 15 is 0 Å². The Morgan fingerprint density at radius 3 is 2.71 bits per heavy atom. The van der Waals surface area contributed by atoms with Crippen LogP contribution in [-0.2, 0) is 6.42 Å². The van der Waals surface area contributed by atoms with Crippen LogP contribution in [0.3, 0.4) is 0 Å². The Kier molecular flexibility index (Phi) is 3.97. The molecule has 2 rings (SSSR count). The van der Waals surface area contributed by atoms with Gasteiger partial charge < -0.3 is 0 Å². The van der Waals surface area contributed by atoms with Gasteiger partial charge in [-0.2, -0.15) is 0 Å². The molecule has 1 unspecified atom stereocenters. The van der Waals surface area contributed by atoms with Crippen LogP contribution >= 0.6 is 23.2 Å². The van der Waals surface area contributed by atoms with Crippen LogP contribution in [0.4, 0.5) is 4.39 Å². The second-order valence-corrected chi connectivity index (χ2v) is 4.57. The zero-order chi connectivity index (χ0) is 12.3. The van der Waals surface area contributed by atoms with Crippen LogP contribution in [0.15, 0.2) is 42.6 Å². The Morgan fingerprint density at radius 1 is 1.18 bits per heavy atom. The van der Waals surface area contributed by atoms with Crippen molar-refractivity contribution < 1.29 is 4.39 Å². The lowest BCUT2D eigenvalue weighted by molar-refractivity contribution is 0.605. The summed E-state index contributed by atoms with van der Waals surface area (Å²) in [6.45, 7) is 0. The van der Waals surface area contributed by atoms with Crippen molar-refractivity contribution >= 4 is 23.2 Å². The molecule has 1 aromatic heterocycles. The first-order chi connectivity index (χ1) is 8.18.